The van der Waals surface area contributed by atoms with Crippen molar-refractivity contribution >= 4 is 49.5 Å². The molecule has 0 bridgehead atoms. The Labute approximate surface area is 186 Å². The Morgan fingerprint density at radius 1 is 1.17 bits per heavy atom. The summed E-state index contributed by atoms with van der Waals surface area (Å²) in [6, 6.07) is 13.6. The van der Waals surface area contributed by atoms with Gasteiger partial charge in [0.2, 0.25) is 0 Å². The average Bonchev–Trinajstić information content (AvgIpc) is 2.77. The standard InChI is InChI=1S/C21H19Br2N3O3/c1-29-17-12-14(18(22)19(23)20(17)27)11-15(13-24)21(28)26-9-7-25(8-10-26)16-5-3-2-4-6-16/h2-6,11-12,27H,7-10H2,1H3/b15-11-. The lowest BCUT2D eigenvalue weighted by Gasteiger charge is -2.36. The van der Waals surface area contributed by atoms with Crippen LogP contribution in [0.5, 0.6) is 11.5 Å². The number of carbonyl (C=O) groups is 1. The Balaban J connectivity index is 1.78. The van der Waals surface area contributed by atoms with E-state index in [1.165, 1.54) is 13.2 Å². The van der Waals surface area contributed by atoms with Gasteiger partial charge in [0.25, 0.3) is 5.91 Å². The predicted octanol–water partition coefficient (Wildman–Crippen LogP) is 4.18. The first kappa shape index (κ1) is 21.2. The van der Waals surface area contributed by atoms with Crippen molar-refractivity contribution in [2.75, 3.05) is 38.2 Å². The van der Waals surface area contributed by atoms with Crippen LogP contribution in [-0.2, 0) is 4.79 Å². The zero-order valence-electron chi connectivity index (χ0n) is 15.7. The number of piperazine rings is 1. The molecular weight excluding hydrogens is 502 g/mol. The minimum absolute atomic E-state index is 0.0264. The van der Waals surface area contributed by atoms with Crippen molar-refractivity contribution in [1.82, 2.24) is 4.90 Å². The van der Waals surface area contributed by atoms with Crippen molar-refractivity contribution in [3.05, 3.63) is 56.5 Å². The van der Waals surface area contributed by atoms with Crippen LogP contribution >= 0.6 is 31.9 Å². The molecule has 2 aromatic rings. The van der Waals surface area contributed by atoms with E-state index in [0.29, 0.717) is 40.7 Å². The quantitative estimate of drug-likeness (QED) is 0.483. The van der Waals surface area contributed by atoms with Crippen molar-refractivity contribution < 1.29 is 14.6 Å². The first-order chi connectivity index (χ1) is 14.0. The van der Waals surface area contributed by atoms with E-state index in [1.807, 2.05) is 36.4 Å². The second-order valence-electron chi connectivity index (χ2n) is 6.43. The largest absolute Gasteiger partial charge is 0.503 e. The number of aromatic hydroxyl groups is 1. The zero-order valence-corrected chi connectivity index (χ0v) is 18.9. The number of amides is 1. The van der Waals surface area contributed by atoms with E-state index in [2.05, 4.69) is 36.8 Å². The van der Waals surface area contributed by atoms with Crippen LogP contribution in [0.1, 0.15) is 5.56 Å². The van der Waals surface area contributed by atoms with E-state index < -0.39 is 0 Å². The monoisotopic (exact) mass is 519 g/mol. The van der Waals surface area contributed by atoms with Crippen LogP contribution in [0.3, 0.4) is 0 Å². The van der Waals surface area contributed by atoms with E-state index in [4.69, 9.17) is 4.74 Å². The average molecular weight is 521 g/mol. The van der Waals surface area contributed by atoms with Gasteiger partial charge in [0, 0.05) is 36.3 Å². The van der Waals surface area contributed by atoms with Gasteiger partial charge in [-0.25, -0.2) is 0 Å². The molecule has 0 aliphatic carbocycles. The van der Waals surface area contributed by atoms with Crippen molar-refractivity contribution in [2.45, 2.75) is 0 Å². The minimum Gasteiger partial charge on any atom is -0.503 e. The van der Waals surface area contributed by atoms with E-state index in [-0.39, 0.29) is 23.0 Å². The summed E-state index contributed by atoms with van der Waals surface area (Å²) in [7, 11) is 1.44. The lowest BCUT2D eigenvalue weighted by Crippen LogP contribution is -2.49. The summed E-state index contributed by atoms with van der Waals surface area (Å²) in [6.07, 6.45) is 1.50. The number of rotatable bonds is 4. The van der Waals surface area contributed by atoms with Gasteiger partial charge in [0.1, 0.15) is 11.6 Å². The van der Waals surface area contributed by atoms with Crippen molar-refractivity contribution in [2.24, 2.45) is 0 Å². The maximum atomic E-state index is 12.9. The fourth-order valence-electron chi connectivity index (χ4n) is 3.15. The third kappa shape index (κ3) is 4.57. The molecule has 1 fully saturated rings. The SMILES string of the molecule is COc1cc(/C=C(/C#N)C(=O)N2CCN(c3ccccc3)CC2)c(Br)c(Br)c1O. The van der Waals surface area contributed by atoms with Gasteiger partial charge in [-0.2, -0.15) is 5.26 Å². The number of phenols is 1. The molecule has 1 saturated heterocycles. The van der Waals surface area contributed by atoms with Gasteiger partial charge < -0.3 is 19.6 Å². The number of hydrogen-bond donors (Lipinski definition) is 1. The molecule has 0 aromatic heterocycles. The molecule has 0 spiro atoms. The molecule has 6 nitrogen and oxygen atoms in total. The van der Waals surface area contributed by atoms with Gasteiger partial charge in [-0.3, -0.25) is 4.79 Å². The van der Waals surface area contributed by atoms with Gasteiger partial charge >= 0.3 is 0 Å². The lowest BCUT2D eigenvalue weighted by atomic mass is 10.1. The van der Waals surface area contributed by atoms with Gasteiger partial charge in [0.15, 0.2) is 11.5 Å². The van der Waals surface area contributed by atoms with E-state index in [1.54, 1.807) is 11.0 Å². The molecule has 150 valence electrons. The maximum absolute atomic E-state index is 12.9. The number of anilines is 1. The first-order valence-electron chi connectivity index (χ1n) is 8.92. The summed E-state index contributed by atoms with van der Waals surface area (Å²) in [5, 5.41) is 19.6. The lowest BCUT2D eigenvalue weighted by molar-refractivity contribution is -0.126. The van der Waals surface area contributed by atoms with Gasteiger partial charge in [-0.1, -0.05) is 18.2 Å². The number of nitriles is 1. The molecular formula is C21H19Br2N3O3. The highest BCUT2D eigenvalue weighted by molar-refractivity contribution is 9.13. The molecule has 1 aliphatic heterocycles. The van der Waals surface area contributed by atoms with Gasteiger partial charge in [0.05, 0.1) is 11.6 Å². The summed E-state index contributed by atoms with van der Waals surface area (Å²) < 4.78 is 6.08. The Bertz CT molecular complexity index is 979. The smallest absolute Gasteiger partial charge is 0.264 e. The number of para-hydroxylation sites is 1. The fourth-order valence-corrected chi connectivity index (χ4v) is 3.99. The normalized spacial score (nSPS) is 14.5. The molecule has 1 N–H and O–H groups in total. The van der Waals surface area contributed by atoms with Crippen molar-refractivity contribution in [3.8, 4) is 17.6 Å². The summed E-state index contributed by atoms with van der Waals surface area (Å²) in [6.45, 7) is 2.49. The number of methoxy groups -OCH3 is 1. The van der Waals surface area contributed by atoms with Crippen LogP contribution in [0.15, 0.2) is 50.9 Å². The molecule has 29 heavy (non-hydrogen) atoms. The van der Waals surface area contributed by atoms with Crippen LogP contribution in [0.25, 0.3) is 6.08 Å². The van der Waals surface area contributed by atoms with Crippen molar-refractivity contribution in [3.63, 3.8) is 0 Å². The number of phenolic OH excluding ortho intramolecular Hbond substituents is 1. The summed E-state index contributed by atoms with van der Waals surface area (Å²) in [5.41, 5.74) is 1.71. The number of carbonyl (C=O) groups excluding carboxylic acids is 1. The second-order valence-corrected chi connectivity index (χ2v) is 8.02. The van der Waals surface area contributed by atoms with E-state index >= 15 is 0 Å². The summed E-state index contributed by atoms with van der Waals surface area (Å²) >= 11 is 6.67. The minimum atomic E-state index is -0.310. The first-order valence-corrected chi connectivity index (χ1v) is 10.5. The Morgan fingerprint density at radius 3 is 2.41 bits per heavy atom. The number of nitrogens with zero attached hydrogens (tertiary/aromatic N) is 3. The number of benzene rings is 2. The molecule has 1 amide bonds. The molecule has 3 rings (SSSR count). The predicted molar refractivity (Wildman–Crippen MR) is 119 cm³/mol. The highest BCUT2D eigenvalue weighted by atomic mass is 79.9. The molecule has 0 atom stereocenters. The van der Waals surface area contributed by atoms with Crippen molar-refractivity contribution in [1.29, 1.82) is 5.26 Å². The summed E-state index contributed by atoms with van der Waals surface area (Å²) in [4.78, 5) is 16.8. The highest BCUT2D eigenvalue weighted by Crippen LogP contribution is 2.42. The molecule has 0 unspecified atom stereocenters. The number of ether oxygens (including phenoxy) is 1. The maximum Gasteiger partial charge on any atom is 0.264 e. The number of halogens is 2. The fraction of sp³-hybridized carbons (Fsp3) is 0.238. The van der Waals surface area contributed by atoms with Crippen LogP contribution in [0.2, 0.25) is 0 Å². The van der Waals surface area contributed by atoms with E-state index in [9.17, 15) is 15.2 Å². The third-order valence-corrected chi connectivity index (χ3v) is 6.89. The Morgan fingerprint density at radius 2 is 1.83 bits per heavy atom. The molecule has 1 heterocycles. The third-order valence-electron chi connectivity index (χ3n) is 4.73. The number of hydrogen-bond acceptors (Lipinski definition) is 5. The van der Waals surface area contributed by atoms with Gasteiger partial charge in [-0.05, 0) is 61.7 Å². The molecule has 2 aromatic carbocycles. The second kappa shape index (κ2) is 9.33. The Hall–Kier alpha value is -2.50. The molecule has 0 saturated carbocycles. The van der Waals surface area contributed by atoms with Crippen LogP contribution < -0.4 is 9.64 Å². The van der Waals surface area contributed by atoms with Crippen LogP contribution in [0, 0.1) is 11.3 Å². The topological polar surface area (TPSA) is 76.8 Å². The zero-order chi connectivity index (χ0) is 21.0. The molecule has 0 radical (unpaired) electrons. The molecule has 1 aliphatic rings. The Kier molecular flexibility index (Phi) is 6.83. The van der Waals surface area contributed by atoms with Gasteiger partial charge in [-0.15, -0.1) is 0 Å². The van der Waals surface area contributed by atoms with Crippen LogP contribution in [0.4, 0.5) is 5.69 Å². The highest BCUT2D eigenvalue weighted by Gasteiger charge is 2.24. The summed E-state index contributed by atoms with van der Waals surface area (Å²) in [5.74, 6) is -0.124. The van der Waals surface area contributed by atoms with Crippen LogP contribution in [-0.4, -0.2) is 49.2 Å². The molecule has 8 heteroatoms. The van der Waals surface area contributed by atoms with E-state index in [0.717, 1.165) is 5.69 Å².